The van der Waals surface area contributed by atoms with E-state index in [1.807, 2.05) is 0 Å². The van der Waals surface area contributed by atoms with E-state index in [9.17, 15) is 38.2 Å². The third-order valence-electron chi connectivity index (χ3n) is 1.13. The second-order valence-electron chi connectivity index (χ2n) is 2.95. The Kier molecular flexibility index (Phi) is 42.4. The maximum atomic E-state index is 10.4. The summed E-state index contributed by atoms with van der Waals surface area (Å²) in [5.41, 5.74) is 0. The van der Waals surface area contributed by atoms with Crippen molar-refractivity contribution in [3.05, 3.63) is 0 Å². The predicted octanol–water partition coefficient (Wildman–Crippen LogP) is -19.4. The maximum Gasteiger partial charge on any atom is 1.00 e. The Labute approximate surface area is 335 Å². The van der Waals surface area contributed by atoms with Crippen LogP contribution in [0.3, 0.4) is 0 Å². The summed E-state index contributed by atoms with van der Waals surface area (Å²) >= 11 is 0. The molecular weight excluding hydrogens is 482 g/mol. The molecule has 0 aliphatic heterocycles. The minimum atomic E-state index is -5.24. The first kappa shape index (κ1) is 43.5. The quantitative estimate of drug-likeness (QED) is 0.277. The fourth-order valence-corrected chi connectivity index (χ4v) is 3.44. The maximum absolute atomic E-state index is 10.4. The average Bonchev–Trinajstić information content (AvgIpc) is 1.70. The van der Waals surface area contributed by atoms with Crippen LogP contribution in [0.25, 0.3) is 0 Å². The van der Waals surface area contributed by atoms with Gasteiger partial charge in [-0.2, -0.15) is 0 Å². The predicted molar refractivity (Wildman–Crippen MR) is 41.5 cm³/mol. The van der Waals surface area contributed by atoms with Crippen molar-refractivity contribution in [3.63, 3.8) is 0 Å². The van der Waals surface area contributed by atoms with Gasteiger partial charge in [0.1, 0.15) is 7.60 Å². The molecule has 18 heteroatoms. The molecule has 0 bridgehead atoms. The molecule has 0 fully saturated rings. The molecule has 0 amide bonds. The van der Waals surface area contributed by atoms with E-state index >= 15 is 0 Å². The summed E-state index contributed by atoms with van der Waals surface area (Å²) in [7, 11) is -15.5. The Hall–Kier alpha value is 8.59. The van der Waals surface area contributed by atoms with Crippen molar-refractivity contribution in [2.24, 2.45) is 0 Å². The van der Waals surface area contributed by atoms with E-state index < -0.39 is 41.6 Å². The Morgan fingerprint density at radius 2 is 0.905 bits per heavy atom. The van der Waals surface area contributed by atoms with Crippen LogP contribution >= 0.6 is 22.8 Å². The molecule has 1 N–H and O–H groups in total. The van der Waals surface area contributed by atoms with Gasteiger partial charge in [-0.15, -0.1) is 0 Å². The van der Waals surface area contributed by atoms with Crippen LogP contribution in [0, 0.1) is 0 Å². The van der Waals surface area contributed by atoms with Crippen molar-refractivity contribution in [1.29, 1.82) is 0 Å². The van der Waals surface area contributed by atoms with Gasteiger partial charge in [-0.3, -0.25) is 4.90 Å². The van der Waals surface area contributed by atoms with Gasteiger partial charge in [0.2, 0.25) is 0 Å². The first-order valence-corrected chi connectivity index (χ1v) is 8.78. The molecule has 0 saturated heterocycles. The molecule has 1 unspecified atom stereocenters. The van der Waals surface area contributed by atoms with Crippen LogP contribution in [0.4, 0.5) is 0 Å². The van der Waals surface area contributed by atoms with Crippen LogP contribution in [0.1, 0.15) is 0 Å². The molecule has 0 aromatic rings. The minimum absolute atomic E-state index is 0. The van der Waals surface area contributed by atoms with Crippen LogP contribution in [0.15, 0.2) is 0 Å². The normalized spacial score (nSPS) is 13.3. The summed E-state index contributed by atoms with van der Waals surface area (Å²) in [5.74, 6) is 0. The van der Waals surface area contributed by atoms with Crippen molar-refractivity contribution in [3.8, 4) is 0 Å². The average molecular weight is 489 g/mol. The van der Waals surface area contributed by atoms with E-state index in [0.29, 0.717) is 0 Å². The number of hydrogen-bond acceptors (Lipinski definition) is 9. The number of hydrogen-bond donors (Lipinski definition) is 1. The van der Waals surface area contributed by atoms with Gasteiger partial charge in [0.05, 0.1) is 6.29 Å². The summed E-state index contributed by atoms with van der Waals surface area (Å²) in [4.78, 5) is 59.9. The zero-order chi connectivity index (χ0) is 13.2. The molecule has 0 aromatic carbocycles. The van der Waals surface area contributed by atoms with Gasteiger partial charge in [-0.05, 0) is 0 Å². The van der Waals surface area contributed by atoms with Crippen molar-refractivity contribution in [2.45, 2.75) is 0 Å². The minimum Gasteiger partial charge on any atom is -0.810 e. The van der Waals surface area contributed by atoms with E-state index in [1.165, 1.54) is 0 Å². The second kappa shape index (κ2) is 20.5. The zero-order valence-electron chi connectivity index (χ0n) is 12.6. The van der Waals surface area contributed by atoms with E-state index in [0.717, 1.165) is 0 Å². The molecule has 0 saturated carbocycles. The van der Waals surface area contributed by atoms with Crippen LogP contribution in [-0.4, -0.2) is 28.7 Å². The van der Waals surface area contributed by atoms with Gasteiger partial charge in [-0.25, -0.2) is 0 Å². The molecule has 0 aliphatic carbocycles. The fraction of sp³-hybridized carbons (Fsp3) is 1.00. The Bertz CT molecular complexity index is 322. The van der Waals surface area contributed by atoms with Crippen LogP contribution in [0.5, 0.6) is 0 Å². The summed E-state index contributed by atoms with van der Waals surface area (Å²) in [6.07, 6.45) is -4.36. The summed E-state index contributed by atoms with van der Waals surface area (Å²) in [6, 6.07) is 0. The second-order valence-corrected chi connectivity index (χ2v) is 7.52. The van der Waals surface area contributed by atoms with Crippen molar-refractivity contribution in [2.75, 3.05) is 18.9 Å². The molecular formula is C3H7K5NO9P3. The Morgan fingerprint density at radius 1 is 0.667 bits per heavy atom. The van der Waals surface area contributed by atoms with Crippen LogP contribution < -0.4 is 281 Å². The largest absolute Gasteiger partial charge is 1.00 e. The molecule has 0 rings (SSSR count). The first-order valence-electron chi connectivity index (χ1n) is 3.56. The van der Waals surface area contributed by atoms with Crippen molar-refractivity contribution < 1.29 is 300 Å². The molecule has 0 aromatic heterocycles. The van der Waals surface area contributed by atoms with Crippen molar-refractivity contribution >= 4 is 22.8 Å². The van der Waals surface area contributed by atoms with E-state index in [1.54, 1.807) is 0 Å². The van der Waals surface area contributed by atoms with E-state index in [4.69, 9.17) is 4.89 Å². The fourth-order valence-electron chi connectivity index (χ4n) is 0.877. The standard InChI is InChI=1S/C3H12NO9P3.5K/c5-14(6,7)1-4(2-15(8,9)10)3-16(11,12)13;;;;;/h1-3H2,(H2,5,6,7)(H2,8,9,10)(H2,11,12,13);;;;;/q;5*+1/p-5. The van der Waals surface area contributed by atoms with Crippen LogP contribution in [-0.2, 0) is 13.7 Å². The monoisotopic (exact) mass is 489 g/mol. The Balaban J connectivity index is -0.000000112. The van der Waals surface area contributed by atoms with Gasteiger partial charge in [0.25, 0.3) is 0 Å². The Morgan fingerprint density at radius 3 is 1.05 bits per heavy atom. The van der Waals surface area contributed by atoms with Gasteiger partial charge < -0.3 is 43.1 Å². The van der Waals surface area contributed by atoms with E-state index in [-0.39, 0.29) is 262 Å². The molecule has 1 atom stereocenters. The van der Waals surface area contributed by atoms with Gasteiger partial charge in [0, 0.05) is 12.6 Å². The van der Waals surface area contributed by atoms with Crippen LogP contribution in [0.2, 0.25) is 0 Å². The molecule has 0 radical (unpaired) electrons. The third kappa shape index (κ3) is 36.3. The van der Waals surface area contributed by atoms with Crippen molar-refractivity contribution in [1.82, 2.24) is 4.90 Å². The molecule has 98 valence electrons. The molecule has 0 spiro atoms. The zero-order valence-corrected chi connectivity index (χ0v) is 30.9. The third-order valence-corrected chi connectivity index (χ3v) is 3.38. The summed E-state index contributed by atoms with van der Waals surface area (Å²) in [5, 5.41) is 0. The number of nitrogens with zero attached hydrogens (tertiary/aromatic N) is 1. The van der Waals surface area contributed by atoms with Gasteiger partial charge in [-0.1, -0.05) is 15.2 Å². The first-order chi connectivity index (χ1) is 6.79. The molecule has 21 heavy (non-hydrogen) atoms. The van der Waals surface area contributed by atoms with Gasteiger partial charge in [0.15, 0.2) is 0 Å². The molecule has 0 heterocycles. The summed E-state index contributed by atoms with van der Waals surface area (Å²) < 4.78 is 30.9. The summed E-state index contributed by atoms with van der Waals surface area (Å²) in [6.45, 7) is 0. The van der Waals surface area contributed by atoms with Gasteiger partial charge >= 0.3 is 257 Å². The van der Waals surface area contributed by atoms with E-state index in [2.05, 4.69) is 0 Å². The molecule has 10 nitrogen and oxygen atoms in total. The SMILES string of the molecule is O=P([O-])([O-])CN(CP(=O)([O-])[O-])CP(=O)([O-])O.[K+].[K+].[K+].[K+].[K+]. The smallest absolute Gasteiger partial charge is 0.810 e. The molecule has 0 aliphatic rings. The number of rotatable bonds is 6. The topological polar surface area (TPSA) is 190 Å².